The molecule has 0 aromatic heterocycles. The van der Waals surface area contributed by atoms with Crippen LogP contribution >= 0.6 is 0 Å². The first-order valence-corrected chi connectivity index (χ1v) is 8.56. The van der Waals surface area contributed by atoms with E-state index in [4.69, 9.17) is 5.11 Å². The highest BCUT2D eigenvalue weighted by Crippen LogP contribution is 2.10. The molecule has 0 aromatic rings. The number of carboxylic acid groups (broad SMARTS) is 1. The third kappa shape index (κ3) is 14.2. The van der Waals surface area contributed by atoms with Crippen LogP contribution in [-0.4, -0.2) is 44.7 Å². The summed E-state index contributed by atoms with van der Waals surface area (Å²) in [5.41, 5.74) is 0. The maximum absolute atomic E-state index is 10.3. The van der Waals surface area contributed by atoms with Gasteiger partial charge in [-0.05, 0) is 25.7 Å². The van der Waals surface area contributed by atoms with Gasteiger partial charge in [0.2, 0.25) is 0 Å². The van der Waals surface area contributed by atoms with Gasteiger partial charge in [0.25, 0.3) is 0 Å². The van der Waals surface area contributed by atoms with Gasteiger partial charge in [0.1, 0.15) is 0 Å². The number of aliphatic carboxylic acids is 1. The summed E-state index contributed by atoms with van der Waals surface area (Å²) >= 11 is 0. The Hall–Kier alpha value is -1.17. The van der Waals surface area contributed by atoms with Gasteiger partial charge in [0.15, 0.2) is 0 Å². The predicted molar refractivity (Wildman–Crippen MR) is 91.2 cm³/mol. The lowest BCUT2D eigenvalue weighted by molar-refractivity contribution is -0.137. The molecule has 5 nitrogen and oxygen atoms in total. The Labute approximate surface area is 139 Å². The maximum Gasteiger partial charge on any atom is 0.303 e. The summed E-state index contributed by atoms with van der Waals surface area (Å²) in [5, 5.41) is 37.8. The molecule has 0 radical (unpaired) electrons. The summed E-state index contributed by atoms with van der Waals surface area (Å²) in [6, 6.07) is 0. The van der Waals surface area contributed by atoms with Crippen molar-refractivity contribution >= 4 is 5.97 Å². The van der Waals surface area contributed by atoms with Crippen LogP contribution < -0.4 is 0 Å². The lowest BCUT2D eigenvalue weighted by atomic mass is 10.0. The summed E-state index contributed by atoms with van der Waals surface area (Å²) in [7, 11) is 0. The number of hydrogen-bond donors (Lipinski definition) is 4. The second-order valence-electron chi connectivity index (χ2n) is 5.83. The van der Waals surface area contributed by atoms with Crippen molar-refractivity contribution in [1.82, 2.24) is 0 Å². The molecule has 0 rings (SSSR count). The van der Waals surface area contributed by atoms with E-state index in [1.165, 1.54) is 12.2 Å². The van der Waals surface area contributed by atoms with E-state index < -0.39 is 24.3 Å². The van der Waals surface area contributed by atoms with Crippen LogP contribution in [0.4, 0.5) is 0 Å². The van der Waals surface area contributed by atoms with Gasteiger partial charge in [-0.15, -0.1) is 0 Å². The molecule has 23 heavy (non-hydrogen) atoms. The van der Waals surface area contributed by atoms with Crippen LogP contribution in [0.2, 0.25) is 0 Å². The molecule has 134 valence electrons. The zero-order valence-electron chi connectivity index (χ0n) is 14.1. The molecule has 3 atom stereocenters. The standard InChI is InChI=1S/C18H32O5/c1-2-3-7-11-16(20)17(21)14-13-15(19)10-8-5-4-6-9-12-18(22)23/h3,7,13-17,19-21H,2,4-6,8-12H2,1H3,(H,22,23)/b7-3+,14-13+. The van der Waals surface area contributed by atoms with Gasteiger partial charge in [-0.2, -0.15) is 0 Å². The van der Waals surface area contributed by atoms with Gasteiger partial charge in [-0.3, -0.25) is 4.79 Å². The van der Waals surface area contributed by atoms with Crippen molar-refractivity contribution < 1.29 is 25.2 Å². The molecule has 0 saturated heterocycles. The maximum atomic E-state index is 10.3. The van der Waals surface area contributed by atoms with E-state index in [9.17, 15) is 20.1 Å². The zero-order chi connectivity index (χ0) is 17.5. The van der Waals surface area contributed by atoms with Crippen molar-refractivity contribution in [2.75, 3.05) is 0 Å². The lowest BCUT2D eigenvalue weighted by Gasteiger charge is -2.13. The van der Waals surface area contributed by atoms with Crippen molar-refractivity contribution in [2.24, 2.45) is 0 Å². The molecule has 3 unspecified atom stereocenters. The van der Waals surface area contributed by atoms with Crippen LogP contribution in [0.5, 0.6) is 0 Å². The molecule has 0 bridgehead atoms. The molecule has 0 amide bonds. The molecule has 0 saturated carbocycles. The van der Waals surface area contributed by atoms with E-state index in [1.807, 2.05) is 19.1 Å². The fourth-order valence-corrected chi connectivity index (χ4v) is 2.17. The molecule has 0 aromatic carbocycles. The Morgan fingerprint density at radius 1 is 0.957 bits per heavy atom. The molecule has 5 heteroatoms. The topological polar surface area (TPSA) is 98.0 Å². The van der Waals surface area contributed by atoms with Crippen molar-refractivity contribution in [1.29, 1.82) is 0 Å². The lowest BCUT2D eigenvalue weighted by Crippen LogP contribution is -2.23. The highest BCUT2D eigenvalue weighted by molar-refractivity contribution is 5.66. The Kier molecular flexibility index (Phi) is 13.7. The predicted octanol–water partition coefficient (Wildman–Crippen LogP) is 2.80. The summed E-state index contributed by atoms with van der Waals surface area (Å²) in [4.78, 5) is 10.3. The van der Waals surface area contributed by atoms with Gasteiger partial charge in [0, 0.05) is 6.42 Å². The van der Waals surface area contributed by atoms with Crippen LogP contribution in [0.3, 0.4) is 0 Å². The molecule has 0 heterocycles. The number of carbonyl (C=O) groups is 1. The van der Waals surface area contributed by atoms with Crippen LogP contribution in [0.1, 0.15) is 64.7 Å². The van der Waals surface area contributed by atoms with Crippen molar-refractivity contribution in [3.8, 4) is 0 Å². The number of carboxylic acids is 1. The summed E-state index contributed by atoms with van der Waals surface area (Å²) < 4.78 is 0. The Morgan fingerprint density at radius 3 is 2.26 bits per heavy atom. The smallest absolute Gasteiger partial charge is 0.303 e. The van der Waals surface area contributed by atoms with Gasteiger partial charge >= 0.3 is 5.97 Å². The number of hydrogen-bond acceptors (Lipinski definition) is 4. The first-order chi connectivity index (χ1) is 11.0. The molecule has 0 aliphatic rings. The minimum Gasteiger partial charge on any atom is -0.481 e. The Balaban J connectivity index is 3.72. The average Bonchev–Trinajstić information content (AvgIpc) is 2.51. The molecule has 0 fully saturated rings. The monoisotopic (exact) mass is 328 g/mol. The van der Waals surface area contributed by atoms with Crippen LogP contribution in [-0.2, 0) is 4.79 Å². The molecule has 0 aliphatic heterocycles. The molecular formula is C18H32O5. The quantitative estimate of drug-likeness (QED) is 0.290. The van der Waals surface area contributed by atoms with E-state index in [-0.39, 0.29) is 6.42 Å². The number of rotatable bonds is 14. The molecule has 0 spiro atoms. The van der Waals surface area contributed by atoms with E-state index in [1.54, 1.807) is 0 Å². The number of unbranched alkanes of at least 4 members (excludes halogenated alkanes) is 4. The van der Waals surface area contributed by atoms with Crippen molar-refractivity contribution in [3.05, 3.63) is 24.3 Å². The van der Waals surface area contributed by atoms with Gasteiger partial charge in [0.05, 0.1) is 18.3 Å². The largest absolute Gasteiger partial charge is 0.481 e. The SMILES string of the molecule is CC/C=C/CC(O)C(O)/C=C/C(O)CCCCCCCC(=O)O. The van der Waals surface area contributed by atoms with Gasteiger partial charge < -0.3 is 20.4 Å². The fraction of sp³-hybridized carbons (Fsp3) is 0.722. The average molecular weight is 328 g/mol. The first-order valence-electron chi connectivity index (χ1n) is 8.56. The number of aliphatic hydroxyl groups is 3. The van der Waals surface area contributed by atoms with Crippen molar-refractivity contribution in [2.45, 2.75) is 83.0 Å². The normalized spacial score (nSPS) is 16.0. The van der Waals surface area contributed by atoms with E-state index in [2.05, 4.69) is 0 Å². The Bertz CT molecular complexity index is 351. The summed E-state index contributed by atoms with van der Waals surface area (Å²) in [5.74, 6) is -0.753. The summed E-state index contributed by atoms with van der Waals surface area (Å²) in [6.45, 7) is 2.00. The van der Waals surface area contributed by atoms with Gasteiger partial charge in [-0.1, -0.05) is 56.9 Å². The number of aliphatic hydroxyl groups excluding tert-OH is 3. The molecule has 0 aliphatic carbocycles. The molecular weight excluding hydrogens is 296 g/mol. The number of allylic oxidation sites excluding steroid dienone is 1. The van der Waals surface area contributed by atoms with E-state index >= 15 is 0 Å². The molecule has 4 N–H and O–H groups in total. The van der Waals surface area contributed by atoms with Crippen LogP contribution in [0, 0.1) is 0 Å². The van der Waals surface area contributed by atoms with Crippen molar-refractivity contribution in [3.63, 3.8) is 0 Å². The fourth-order valence-electron chi connectivity index (χ4n) is 2.17. The third-order valence-corrected chi connectivity index (χ3v) is 3.60. The first kappa shape index (κ1) is 21.8. The summed E-state index contributed by atoms with van der Waals surface area (Å²) in [6.07, 6.45) is 10.8. The second kappa shape index (κ2) is 14.4. The Morgan fingerprint density at radius 2 is 1.61 bits per heavy atom. The van der Waals surface area contributed by atoms with Crippen LogP contribution in [0.15, 0.2) is 24.3 Å². The highest BCUT2D eigenvalue weighted by Gasteiger charge is 2.11. The third-order valence-electron chi connectivity index (χ3n) is 3.60. The minimum atomic E-state index is -0.970. The highest BCUT2D eigenvalue weighted by atomic mass is 16.4. The second-order valence-corrected chi connectivity index (χ2v) is 5.83. The van der Waals surface area contributed by atoms with Gasteiger partial charge in [-0.25, -0.2) is 0 Å². The van der Waals surface area contributed by atoms with Crippen LogP contribution in [0.25, 0.3) is 0 Å². The van der Waals surface area contributed by atoms with E-state index in [0.29, 0.717) is 19.3 Å². The minimum absolute atomic E-state index is 0.221. The van der Waals surface area contributed by atoms with E-state index in [0.717, 1.165) is 32.1 Å². The zero-order valence-corrected chi connectivity index (χ0v) is 14.1.